The summed E-state index contributed by atoms with van der Waals surface area (Å²) in [5.41, 5.74) is 0. The van der Waals surface area contributed by atoms with Crippen molar-refractivity contribution in [1.29, 1.82) is 0 Å². The fraction of sp³-hybridized carbons (Fsp3) is 0.769. The van der Waals surface area contributed by atoms with E-state index in [4.69, 9.17) is 5.11 Å². The number of rotatable bonds is 6. The number of nitrogens with one attached hydrogen (secondary N) is 2. The van der Waals surface area contributed by atoms with E-state index < -0.39 is 17.9 Å². The molecule has 0 aromatic heterocycles. The number of urea groups is 1. The Bertz CT molecular complexity index is 352. The normalized spacial score (nSPS) is 16.6. The van der Waals surface area contributed by atoms with Crippen molar-refractivity contribution >= 4 is 17.9 Å². The highest BCUT2D eigenvalue weighted by atomic mass is 16.4. The number of carboxylic acid groups (broad SMARTS) is 1. The zero-order valence-electron chi connectivity index (χ0n) is 11.9. The second-order valence-corrected chi connectivity index (χ2v) is 5.23. The molecular weight excluding hydrogens is 262 g/mol. The van der Waals surface area contributed by atoms with Crippen LogP contribution in [0.2, 0.25) is 0 Å². The van der Waals surface area contributed by atoms with Crippen LogP contribution in [0.5, 0.6) is 0 Å². The lowest BCUT2D eigenvalue weighted by Crippen LogP contribution is -2.40. The molecule has 1 fully saturated rings. The Morgan fingerprint density at radius 1 is 1.20 bits per heavy atom. The van der Waals surface area contributed by atoms with E-state index >= 15 is 0 Å². The molecule has 0 aliphatic carbocycles. The molecule has 1 aliphatic rings. The van der Waals surface area contributed by atoms with E-state index in [0.29, 0.717) is 12.5 Å². The molecule has 0 aromatic carbocycles. The lowest BCUT2D eigenvalue weighted by molar-refractivity contribution is -0.138. The maximum Gasteiger partial charge on any atom is 0.321 e. The first-order valence-electron chi connectivity index (χ1n) is 6.95. The highest BCUT2D eigenvalue weighted by Gasteiger charge is 2.16. The number of likely N-dealkylation sites (tertiary alicyclic amines) is 1. The Hall–Kier alpha value is -1.63. The Labute approximate surface area is 118 Å². The van der Waals surface area contributed by atoms with E-state index in [2.05, 4.69) is 22.6 Å². The van der Waals surface area contributed by atoms with Crippen LogP contribution in [0.25, 0.3) is 0 Å². The monoisotopic (exact) mass is 285 g/mol. The summed E-state index contributed by atoms with van der Waals surface area (Å²) >= 11 is 0. The maximum atomic E-state index is 11.4. The smallest absolute Gasteiger partial charge is 0.321 e. The molecule has 7 heteroatoms. The third kappa shape index (κ3) is 7.08. The predicted molar refractivity (Wildman–Crippen MR) is 73.2 cm³/mol. The summed E-state index contributed by atoms with van der Waals surface area (Å²) in [7, 11) is 2.10. The first kappa shape index (κ1) is 16.4. The number of carboxylic acids is 1. The fourth-order valence-corrected chi connectivity index (χ4v) is 2.19. The zero-order chi connectivity index (χ0) is 15.0. The van der Waals surface area contributed by atoms with Crippen LogP contribution in [0.15, 0.2) is 0 Å². The van der Waals surface area contributed by atoms with E-state index in [9.17, 15) is 14.4 Å². The fourth-order valence-electron chi connectivity index (χ4n) is 2.19. The van der Waals surface area contributed by atoms with E-state index in [1.807, 2.05) is 0 Å². The molecule has 1 heterocycles. The van der Waals surface area contributed by atoms with Crippen molar-refractivity contribution < 1.29 is 19.5 Å². The van der Waals surface area contributed by atoms with Gasteiger partial charge in [0.15, 0.2) is 0 Å². The number of piperidine rings is 1. The lowest BCUT2D eigenvalue weighted by atomic mass is 9.94. The van der Waals surface area contributed by atoms with E-state index in [-0.39, 0.29) is 12.8 Å². The topological polar surface area (TPSA) is 98.7 Å². The Morgan fingerprint density at radius 2 is 1.85 bits per heavy atom. The van der Waals surface area contributed by atoms with Crippen molar-refractivity contribution in [2.75, 3.05) is 26.7 Å². The summed E-state index contributed by atoms with van der Waals surface area (Å²) in [6.07, 6.45) is 2.73. The zero-order valence-corrected chi connectivity index (χ0v) is 11.9. The number of carbonyl (C=O) groups excluding carboxylic acids is 2. The van der Waals surface area contributed by atoms with Crippen molar-refractivity contribution in [3.8, 4) is 0 Å². The number of hydrogen-bond donors (Lipinski definition) is 3. The van der Waals surface area contributed by atoms with Crippen molar-refractivity contribution in [2.45, 2.75) is 32.1 Å². The third-order valence-electron chi connectivity index (χ3n) is 3.50. The second-order valence-electron chi connectivity index (χ2n) is 5.23. The third-order valence-corrected chi connectivity index (χ3v) is 3.50. The van der Waals surface area contributed by atoms with Crippen molar-refractivity contribution in [3.63, 3.8) is 0 Å². The molecule has 1 aliphatic heterocycles. The SMILES string of the molecule is CN1CCC(CCNC(=O)NC(=O)CCC(=O)O)CC1. The van der Waals surface area contributed by atoms with Crippen LogP contribution < -0.4 is 10.6 Å². The van der Waals surface area contributed by atoms with Gasteiger partial charge in [-0.1, -0.05) is 0 Å². The van der Waals surface area contributed by atoms with Crippen LogP contribution in [0.3, 0.4) is 0 Å². The first-order chi connectivity index (χ1) is 9.47. The number of hydrogen-bond acceptors (Lipinski definition) is 4. The molecule has 1 saturated heterocycles. The van der Waals surface area contributed by atoms with Crippen LogP contribution >= 0.6 is 0 Å². The molecule has 20 heavy (non-hydrogen) atoms. The van der Waals surface area contributed by atoms with Gasteiger partial charge in [0.25, 0.3) is 0 Å². The molecule has 0 saturated carbocycles. The number of imide groups is 1. The van der Waals surface area contributed by atoms with Gasteiger partial charge < -0.3 is 15.3 Å². The number of nitrogens with zero attached hydrogens (tertiary/aromatic N) is 1. The quantitative estimate of drug-likeness (QED) is 0.656. The van der Waals surface area contributed by atoms with Gasteiger partial charge in [0.1, 0.15) is 0 Å². The lowest BCUT2D eigenvalue weighted by Gasteiger charge is -2.28. The minimum absolute atomic E-state index is 0.183. The van der Waals surface area contributed by atoms with Gasteiger partial charge in [-0.15, -0.1) is 0 Å². The molecule has 0 unspecified atom stereocenters. The van der Waals surface area contributed by atoms with Crippen LogP contribution in [-0.4, -0.2) is 54.6 Å². The van der Waals surface area contributed by atoms with E-state index in [1.54, 1.807) is 0 Å². The van der Waals surface area contributed by atoms with Crippen LogP contribution in [0.1, 0.15) is 32.1 Å². The van der Waals surface area contributed by atoms with Crippen LogP contribution in [0, 0.1) is 5.92 Å². The number of amides is 3. The van der Waals surface area contributed by atoms with Gasteiger partial charge >= 0.3 is 12.0 Å². The van der Waals surface area contributed by atoms with Gasteiger partial charge in [-0.05, 0) is 45.3 Å². The molecule has 0 radical (unpaired) electrons. The molecule has 7 nitrogen and oxygen atoms in total. The average molecular weight is 285 g/mol. The van der Waals surface area contributed by atoms with Crippen molar-refractivity contribution in [2.24, 2.45) is 5.92 Å². The molecule has 3 N–H and O–H groups in total. The highest BCUT2D eigenvalue weighted by molar-refractivity contribution is 5.95. The van der Waals surface area contributed by atoms with Gasteiger partial charge in [-0.2, -0.15) is 0 Å². The summed E-state index contributed by atoms with van der Waals surface area (Å²) in [5, 5.41) is 13.2. The highest BCUT2D eigenvalue weighted by Crippen LogP contribution is 2.18. The van der Waals surface area contributed by atoms with Crippen molar-refractivity contribution in [3.05, 3.63) is 0 Å². The Kier molecular flexibility index (Phi) is 7.00. The minimum atomic E-state index is -1.05. The van der Waals surface area contributed by atoms with Gasteiger partial charge in [0.05, 0.1) is 6.42 Å². The van der Waals surface area contributed by atoms with Gasteiger partial charge in [0.2, 0.25) is 5.91 Å². The Balaban J connectivity index is 2.08. The van der Waals surface area contributed by atoms with Gasteiger partial charge in [-0.25, -0.2) is 4.79 Å². The molecule has 0 bridgehead atoms. The van der Waals surface area contributed by atoms with Gasteiger partial charge in [0, 0.05) is 13.0 Å². The summed E-state index contributed by atoms with van der Waals surface area (Å²) < 4.78 is 0. The number of aliphatic carboxylic acids is 1. The standard InChI is InChI=1S/C13H23N3O4/c1-16-8-5-10(6-9-16)4-7-14-13(20)15-11(17)2-3-12(18)19/h10H,2-9H2,1H3,(H,18,19)(H2,14,15,17,20). The van der Waals surface area contributed by atoms with Crippen molar-refractivity contribution in [1.82, 2.24) is 15.5 Å². The first-order valence-corrected chi connectivity index (χ1v) is 6.95. The molecule has 0 spiro atoms. The average Bonchev–Trinajstić information content (AvgIpc) is 2.38. The molecule has 0 atom stereocenters. The summed E-state index contributed by atoms with van der Waals surface area (Å²) in [5.74, 6) is -0.999. The van der Waals surface area contributed by atoms with E-state index in [0.717, 1.165) is 32.4 Å². The number of carbonyl (C=O) groups is 3. The summed E-state index contributed by atoms with van der Waals surface area (Å²) in [6.45, 7) is 2.71. The van der Waals surface area contributed by atoms with Crippen LogP contribution in [0.4, 0.5) is 4.79 Å². The second kappa shape index (κ2) is 8.52. The minimum Gasteiger partial charge on any atom is -0.481 e. The summed E-state index contributed by atoms with van der Waals surface area (Å²) in [4.78, 5) is 35.2. The Morgan fingerprint density at radius 3 is 2.45 bits per heavy atom. The predicted octanol–water partition coefficient (Wildman–Crippen LogP) is 0.409. The van der Waals surface area contributed by atoms with Gasteiger partial charge in [-0.3, -0.25) is 14.9 Å². The maximum absolute atomic E-state index is 11.4. The van der Waals surface area contributed by atoms with E-state index in [1.165, 1.54) is 0 Å². The molecular formula is C13H23N3O4. The molecule has 1 rings (SSSR count). The summed E-state index contributed by atoms with van der Waals surface area (Å²) in [6, 6.07) is -0.548. The largest absolute Gasteiger partial charge is 0.481 e. The molecule has 3 amide bonds. The molecule has 114 valence electrons. The van der Waals surface area contributed by atoms with Crippen LogP contribution in [-0.2, 0) is 9.59 Å². The molecule has 0 aromatic rings.